The van der Waals surface area contributed by atoms with Crippen LogP contribution in [0.2, 0.25) is 0 Å². The lowest BCUT2D eigenvalue weighted by Gasteiger charge is -2.46. The lowest BCUT2D eigenvalue weighted by molar-refractivity contribution is -0.445. The molecule has 1 aliphatic carbocycles. The molecule has 5 rings (SSSR count). The molecule has 78 valence electrons. The number of ether oxygens (including phenoxy) is 1. The van der Waals surface area contributed by atoms with Gasteiger partial charge >= 0.3 is 0 Å². The van der Waals surface area contributed by atoms with Crippen LogP contribution >= 0.6 is 0 Å². The van der Waals surface area contributed by atoms with Crippen LogP contribution < -0.4 is 0 Å². The molecule has 1 aromatic carbocycles. The molecule has 3 heterocycles. The molecular weight excluding hydrogens is 192 g/mol. The molecule has 3 aliphatic heterocycles. The van der Waals surface area contributed by atoms with Crippen LogP contribution in [0.5, 0.6) is 0 Å². The van der Waals surface area contributed by atoms with Crippen molar-refractivity contribution in [1.29, 1.82) is 0 Å². The maximum absolute atomic E-state index is 5.70. The van der Waals surface area contributed by atoms with Crippen LogP contribution in [0.15, 0.2) is 24.3 Å². The molecule has 0 unspecified atom stereocenters. The Labute approximate surface area is 87.9 Å². The van der Waals surface area contributed by atoms with Gasteiger partial charge in [0.1, 0.15) is 12.2 Å². The molecular formula is C12H12O3. The van der Waals surface area contributed by atoms with Crippen LogP contribution in [0.3, 0.4) is 0 Å². The van der Waals surface area contributed by atoms with Crippen molar-refractivity contribution >= 4 is 0 Å². The van der Waals surface area contributed by atoms with Crippen molar-refractivity contribution in [3.63, 3.8) is 0 Å². The fourth-order valence-corrected chi connectivity index (χ4v) is 2.96. The molecule has 0 spiro atoms. The summed E-state index contributed by atoms with van der Waals surface area (Å²) in [5.41, 5.74) is 1.58. The fourth-order valence-electron chi connectivity index (χ4n) is 2.96. The van der Waals surface area contributed by atoms with Crippen LogP contribution in [0.1, 0.15) is 25.0 Å². The third-order valence-corrected chi connectivity index (χ3v) is 3.96. The van der Waals surface area contributed by atoms with E-state index in [9.17, 15) is 0 Å². The zero-order valence-corrected chi connectivity index (χ0v) is 8.69. The highest BCUT2D eigenvalue weighted by Gasteiger charge is 2.72. The minimum Gasteiger partial charge on any atom is -0.362 e. The van der Waals surface area contributed by atoms with Crippen molar-refractivity contribution < 1.29 is 14.5 Å². The largest absolute Gasteiger partial charge is 0.362 e. The fraction of sp³-hybridized carbons (Fsp3) is 0.500. The quantitative estimate of drug-likeness (QED) is 0.477. The molecule has 1 aromatic rings. The summed E-state index contributed by atoms with van der Waals surface area (Å²) < 4.78 is 5.70. The van der Waals surface area contributed by atoms with Crippen LogP contribution in [0, 0.1) is 0 Å². The van der Waals surface area contributed by atoms with E-state index in [-0.39, 0.29) is 12.2 Å². The first-order valence-corrected chi connectivity index (χ1v) is 5.28. The van der Waals surface area contributed by atoms with Crippen molar-refractivity contribution in [2.75, 3.05) is 0 Å². The maximum atomic E-state index is 5.70. The van der Waals surface area contributed by atoms with Gasteiger partial charge in [0.2, 0.25) is 0 Å². The summed E-state index contributed by atoms with van der Waals surface area (Å²) >= 11 is 0. The topological polar surface area (TPSA) is 31.0 Å². The maximum Gasteiger partial charge on any atom is 0.155 e. The zero-order chi connectivity index (χ0) is 10.3. The second-order valence-electron chi connectivity index (χ2n) is 4.90. The average Bonchev–Trinajstić information content (AvgIpc) is 3.05. The molecule has 4 aliphatic rings. The third kappa shape index (κ3) is 0.728. The number of hydrogen-bond acceptors (Lipinski definition) is 3. The van der Waals surface area contributed by atoms with E-state index in [4.69, 9.17) is 14.5 Å². The van der Waals surface area contributed by atoms with Crippen molar-refractivity contribution in [2.45, 2.75) is 37.3 Å². The Morgan fingerprint density at radius 3 is 1.87 bits per heavy atom. The standard InChI is InChI=1S/C12H12O3/c1-11-7-5-3-4-6-8(7)12(2,15-14-11)10-9(11)13-10/h3-6,9-10H,1-2H3/t9-,10+,11+,12-. The van der Waals surface area contributed by atoms with E-state index in [0.29, 0.717) is 0 Å². The highest BCUT2D eigenvalue weighted by atomic mass is 17.2. The molecule has 0 amide bonds. The first-order valence-electron chi connectivity index (χ1n) is 5.28. The number of epoxide rings is 1. The van der Waals surface area contributed by atoms with Gasteiger partial charge in [0, 0.05) is 0 Å². The van der Waals surface area contributed by atoms with E-state index in [2.05, 4.69) is 12.1 Å². The minimum absolute atomic E-state index is 0.158. The molecule has 3 heteroatoms. The minimum atomic E-state index is -0.418. The average molecular weight is 204 g/mol. The van der Waals surface area contributed by atoms with Gasteiger partial charge in [0.25, 0.3) is 0 Å². The third-order valence-electron chi connectivity index (χ3n) is 3.96. The molecule has 2 fully saturated rings. The van der Waals surface area contributed by atoms with Gasteiger partial charge in [-0.1, -0.05) is 24.3 Å². The van der Waals surface area contributed by atoms with Gasteiger partial charge in [-0.3, -0.25) is 0 Å². The SMILES string of the molecule is C[C@]12OO[C@](C)(c3ccccc31)[C@H]1O[C@H]12. The van der Waals surface area contributed by atoms with E-state index >= 15 is 0 Å². The van der Waals surface area contributed by atoms with E-state index in [1.54, 1.807) is 0 Å². The van der Waals surface area contributed by atoms with Crippen molar-refractivity contribution in [2.24, 2.45) is 0 Å². The van der Waals surface area contributed by atoms with Gasteiger partial charge in [0.05, 0.1) is 0 Å². The van der Waals surface area contributed by atoms with E-state index < -0.39 is 11.2 Å². The second-order valence-corrected chi connectivity index (χ2v) is 4.90. The van der Waals surface area contributed by atoms with Crippen molar-refractivity contribution in [1.82, 2.24) is 0 Å². The Balaban J connectivity index is 2.07. The van der Waals surface area contributed by atoms with Crippen LogP contribution in [-0.2, 0) is 25.7 Å². The van der Waals surface area contributed by atoms with E-state index in [1.165, 1.54) is 11.1 Å². The van der Waals surface area contributed by atoms with Crippen molar-refractivity contribution in [3.05, 3.63) is 35.4 Å². The van der Waals surface area contributed by atoms with Crippen LogP contribution in [0.4, 0.5) is 0 Å². The summed E-state index contributed by atoms with van der Waals surface area (Å²) in [4.78, 5) is 11.0. The lowest BCUT2D eigenvalue weighted by Crippen LogP contribution is -2.54. The van der Waals surface area contributed by atoms with Gasteiger partial charge in [-0.05, 0) is 25.0 Å². The molecule has 0 radical (unpaired) electrons. The Morgan fingerprint density at radius 1 is 0.933 bits per heavy atom. The highest BCUT2D eigenvalue weighted by molar-refractivity contribution is 5.45. The molecule has 15 heavy (non-hydrogen) atoms. The highest BCUT2D eigenvalue weighted by Crippen LogP contribution is 2.61. The first-order chi connectivity index (χ1) is 7.16. The second kappa shape index (κ2) is 2.12. The predicted octanol–water partition coefficient (Wildman–Crippen LogP) is 1.86. The van der Waals surface area contributed by atoms with E-state index in [0.717, 1.165) is 0 Å². The van der Waals surface area contributed by atoms with Gasteiger partial charge < -0.3 is 4.74 Å². The van der Waals surface area contributed by atoms with Gasteiger partial charge in [-0.15, -0.1) is 0 Å². The van der Waals surface area contributed by atoms with Gasteiger partial charge in [-0.25, -0.2) is 9.78 Å². The smallest absolute Gasteiger partial charge is 0.155 e. The molecule has 0 aromatic heterocycles. The zero-order valence-electron chi connectivity index (χ0n) is 8.69. The summed E-state index contributed by atoms with van der Waals surface area (Å²) in [7, 11) is 0. The molecule has 4 atom stereocenters. The monoisotopic (exact) mass is 204 g/mol. The Kier molecular flexibility index (Phi) is 1.17. The normalized spacial score (nSPS) is 49.7. The summed E-state index contributed by atoms with van der Waals surface area (Å²) in [6.07, 6.45) is 0.317. The molecule has 2 bridgehead atoms. The number of hydrogen-bond donors (Lipinski definition) is 0. The first kappa shape index (κ1) is 8.28. The summed E-state index contributed by atoms with van der Waals surface area (Å²) in [6, 6.07) is 8.28. The van der Waals surface area contributed by atoms with Crippen LogP contribution in [0.25, 0.3) is 0 Å². The summed E-state index contributed by atoms with van der Waals surface area (Å²) in [6.45, 7) is 4.07. The number of benzene rings is 1. The molecule has 2 saturated heterocycles. The number of rotatable bonds is 0. The summed E-state index contributed by atoms with van der Waals surface area (Å²) in [5, 5.41) is 0. The Bertz CT molecular complexity index is 417. The van der Waals surface area contributed by atoms with Gasteiger partial charge in [-0.2, -0.15) is 0 Å². The Hall–Kier alpha value is -0.900. The van der Waals surface area contributed by atoms with E-state index in [1.807, 2.05) is 26.0 Å². The Morgan fingerprint density at radius 2 is 1.40 bits per heavy atom. The lowest BCUT2D eigenvalue weighted by atomic mass is 9.72. The molecule has 3 nitrogen and oxygen atoms in total. The van der Waals surface area contributed by atoms with Crippen molar-refractivity contribution in [3.8, 4) is 0 Å². The predicted molar refractivity (Wildman–Crippen MR) is 52.0 cm³/mol. The summed E-state index contributed by atoms with van der Waals surface area (Å²) in [5.74, 6) is 0. The van der Waals surface area contributed by atoms with Gasteiger partial charge in [0.15, 0.2) is 11.2 Å². The molecule has 0 N–H and O–H groups in total. The molecule has 0 saturated carbocycles. The van der Waals surface area contributed by atoms with Crippen LogP contribution in [-0.4, -0.2) is 12.2 Å². The number of fused-ring (bicyclic) bond motifs is 1.